The van der Waals surface area contributed by atoms with E-state index in [0.29, 0.717) is 44.2 Å². The number of benzene rings is 2. The van der Waals surface area contributed by atoms with Gasteiger partial charge in [-0.2, -0.15) is 4.99 Å². The molecule has 2 aromatic carbocycles. The van der Waals surface area contributed by atoms with E-state index in [0.717, 1.165) is 5.56 Å². The number of ether oxygens (including phenoxy) is 3. The average Bonchev–Trinajstić information content (AvgIpc) is 3.19. The zero-order chi connectivity index (χ0) is 22.4. The summed E-state index contributed by atoms with van der Waals surface area (Å²) in [6.07, 6.45) is 4.88. The van der Waals surface area contributed by atoms with Crippen molar-refractivity contribution >= 4 is 46.5 Å². The summed E-state index contributed by atoms with van der Waals surface area (Å²) >= 11 is 13.6. The maximum absolute atomic E-state index is 12.4. The van der Waals surface area contributed by atoms with Crippen LogP contribution in [0.25, 0.3) is 6.08 Å². The number of thiazole rings is 1. The molecule has 0 saturated carbocycles. The minimum atomic E-state index is -0.396. The second-order valence-electron chi connectivity index (χ2n) is 6.29. The Bertz CT molecular complexity index is 1160. The summed E-state index contributed by atoms with van der Waals surface area (Å²) in [5.74, 6) is 1.09. The summed E-state index contributed by atoms with van der Waals surface area (Å²) in [7, 11) is 4.60. The standard InChI is InChI=1S/C22H20Cl2N2O4S/c1-28-18-10-14(11-19(29-2)21(18)30-3)4-7-20(27)25-22-26(8-9-31-22)13-15-5-6-16(23)12-17(15)24/h4-12H,13H2,1-3H3/b7-4-,25-22?. The van der Waals surface area contributed by atoms with Crippen LogP contribution in [0, 0.1) is 0 Å². The molecule has 0 radical (unpaired) electrons. The molecule has 0 unspecified atom stereocenters. The molecule has 0 saturated heterocycles. The van der Waals surface area contributed by atoms with Crippen molar-refractivity contribution in [2.24, 2.45) is 4.99 Å². The third-order valence-electron chi connectivity index (χ3n) is 4.33. The van der Waals surface area contributed by atoms with Crippen molar-refractivity contribution < 1.29 is 19.0 Å². The SMILES string of the molecule is COc1cc(/C=C\C(=O)N=c2sccn2Cc2ccc(Cl)cc2Cl)cc(OC)c1OC. The van der Waals surface area contributed by atoms with Crippen molar-refractivity contribution in [3.63, 3.8) is 0 Å². The summed E-state index contributed by atoms with van der Waals surface area (Å²) in [6, 6.07) is 8.81. The molecule has 0 N–H and O–H groups in total. The molecule has 0 aliphatic heterocycles. The molecule has 0 aliphatic carbocycles. The van der Waals surface area contributed by atoms with Crippen LogP contribution in [0.5, 0.6) is 17.2 Å². The Morgan fingerprint density at radius 2 is 1.81 bits per heavy atom. The number of carbonyl (C=O) groups excluding carboxylic acids is 1. The Labute approximate surface area is 193 Å². The first-order valence-corrected chi connectivity index (χ1v) is 10.7. The summed E-state index contributed by atoms with van der Waals surface area (Å²) in [5.41, 5.74) is 1.59. The predicted molar refractivity (Wildman–Crippen MR) is 124 cm³/mol. The first-order chi connectivity index (χ1) is 14.9. The molecule has 3 aromatic rings. The van der Waals surface area contributed by atoms with E-state index in [1.807, 2.05) is 22.2 Å². The van der Waals surface area contributed by atoms with E-state index in [1.165, 1.54) is 38.7 Å². The minimum Gasteiger partial charge on any atom is -0.493 e. The Morgan fingerprint density at radius 3 is 2.42 bits per heavy atom. The maximum Gasteiger partial charge on any atom is 0.272 e. The van der Waals surface area contributed by atoms with Gasteiger partial charge in [-0.15, -0.1) is 11.3 Å². The molecule has 0 spiro atoms. The number of hydrogen-bond donors (Lipinski definition) is 0. The highest BCUT2D eigenvalue weighted by Crippen LogP contribution is 2.38. The van der Waals surface area contributed by atoms with Gasteiger partial charge in [-0.1, -0.05) is 29.3 Å². The van der Waals surface area contributed by atoms with Crippen molar-refractivity contribution in [3.05, 3.63) is 74.0 Å². The number of carbonyl (C=O) groups is 1. The van der Waals surface area contributed by atoms with Gasteiger partial charge in [0.05, 0.1) is 27.9 Å². The minimum absolute atomic E-state index is 0.396. The fourth-order valence-electron chi connectivity index (χ4n) is 2.84. The van der Waals surface area contributed by atoms with Gasteiger partial charge in [-0.25, -0.2) is 0 Å². The highest BCUT2D eigenvalue weighted by molar-refractivity contribution is 7.07. The first-order valence-electron chi connectivity index (χ1n) is 9.09. The Balaban J connectivity index is 1.83. The Morgan fingerprint density at radius 1 is 1.10 bits per heavy atom. The molecule has 1 heterocycles. The van der Waals surface area contributed by atoms with Crippen molar-refractivity contribution in [2.45, 2.75) is 6.54 Å². The van der Waals surface area contributed by atoms with Crippen LogP contribution in [-0.2, 0) is 11.3 Å². The van der Waals surface area contributed by atoms with Crippen LogP contribution in [0.1, 0.15) is 11.1 Å². The summed E-state index contributed by atoms with van der Waals surface area (Å²) in [6.45, 7) is 0.474. The molecule has 1 amide bonds. The monoisotopic (exact) mass is 478 g/mol. The van der Waals surface area contributed by atoms with Gasteiger partial charge in [0.2, 0.25) is 5.75 Å². The lowest BCUT2D eigenvalue weighted by atomic mass is 10.1. The van der Waals surface area contributed by atoms with Crippen molar-refractivity contribution in [1.82, 2.24) is 4.57 Å². The Kier molecular flexibility index (Phi) is 7.79. The number of nitrogens with zero attached hydrogens (tertiary/aromatic N) is 2. The second kappa shape index (κ2) is 10.5. The summed E-state index contributed by atoms with van der Waals surface area (Å²) < 4.78 is 17.8. The maximum atomic E-state index is 12.4. The van der Waals surface area contributed by atoms with Crippen LogP contribution in [0.3, 0.4) is 0 Å². The zero-order valence-corrected chi connectivity index (χ0v) is 19.4. The number of aromatic nitrogens is 1. The number of methoxy groups -OCH3 is 3. The lowest BCUT2D eigenvalue weighted by molar-refractivity contribution is -0.113. The Hall–Kier alpha value is -2.74. The van der Waals surface area contributed by atoms with Gasteiger partial charge in [-0.05, 0) is 41.5 Å². The van der Waals surface area contributed by atoms with E-state index in [-0.39, 0.29) is 0 Å². The van der Waals surface area contributed by atoms with E-state index in [4.69, 9.17) is 37.4 Å². The van der Waals surface area contributed by atoms with Crippen LogP contribution < -0.4 is 19.0 Å². The fourth-order valence-corrected chi connectivity index (χ4v) is 4.04. The third-order valence-corrected chi connectivity index (χ3v) is 5.71. The smallest absolute Gasteiger partial charge is 0.272 e. The largest absolute Gasteiger partial charge is 0.493 e. The lowest BCUT2D eigenvalue weighted by Crippen LogP contribution is -2.16. The van der Waals surface area contributed by atoms with Crippen LogP contribution in [0.15, 0.2) is 53.0 Å². The van der Waals surface area contributed by atoms with Crippen molar-refractivity contribution in [3.8, 4) is 17.2 Å². The first kappa shape index (κ1) is 22.9. The van der Waals surface area contributed by atoms with Gasteiger partial charge in [0.15, 0.2) is 16.3 Å². The van der Waals surface area contributed by atoms with Crippen LogP contribution in [0.4, 0.5) is 0 Å². The van der Waals surface area contributed by atoms with Gasteiger partial charge in [-0.3, -0.25) is 4.79 Å². The molecular formula is C22H20Cl2N2O4S. The summed E-state index contributed by atoms with van der Waals surface area (Å²) in [4.78, 5) is 17.2. The highest BCUT2D eigenvalue weighted by atomic mass is 35.5. The molecule has 31 heavy (non-hydrogen) atoms. The number of hydrogen-bond acceptors (Lipinski definition) is 5. The number of rotatable bonds is 7. The van der Waals surface area contributed by atoms with Crippen LogP contribution in [-0.4, -0.2) is 31.8 Å². The molecule has 0 fully saturated rings. The van der Waals surface area contributed by atoms with E-state index in [9.17, 15) is 4.79 Å². The van der Waals surface area contributed by atoms with Crippen LogP contribution in [0.2, 0.25) is 10.0 Å². The van der Waals surface area contributed by atoms with Crippen molar-refractivity contribution in [1.29, 1.82) is 0 Å². The van der Waals surface area contributed by atoms with Crippen molar-refractivity contribution in [2.75, 3.05) is 21.3 Å². The van der Waals surface area contributed by atoms with Gasteiger partial charge in [0.25, 0.3) is 5.91 Å². The zero-order valence-electron chi connectivity index (χ0n) is 17.1. The van der Waals surface area contributed by atoms with E-state index < -0.39 is 5.91 Å². The second-order valence-corrected chi connectivity index (χ2v) is 8.01. The molecule has 0 aliphatic rings. The number of amides is 1. The molecule has 0 bridgehead atoms. The van der Waals surface area contributed by atoms with Gasteiger partial charge >= 0.3 is 0 Å². The molecule has 1 aromatic heterocycles. The topological polar surface area (TPSA) is 62.0 Å². The van der Waals surface area contributed by atoms with E-state index >= 15 is 0 Å². The fraction of sp³-hybridized carbons (Fsp3) is 0.182. The molecule has 162 valence electrons. The average molecular weight is 479 g/mol. The van der Waals surface area contributed by atoms with Crippen LogP contribution >= 0.6 is 34.5 Å². The summed E-state index contributed by atoms with van der Waals surface area (Å²) in [5, 5.41) is 2.99. The van der Waals surface area contributed by atoms with Gasteiger partial charge in [0.1, 0.15) is 0 Å². The molecule has 6 nitrogen and oxygen atoms in total. The lowest BCUT2D eigenvalue weighted by Gasteiger charge is -2.12. The highest BCUT2D eigenvalue weighted by Gasteiger charge is 2.12. The van der Waals surface area contributed by atoms with Gasteiger partial charge < -0.3 is 18.8 Å². The van der Waals surface area contributed by atoms with E-state index in [1.54, 1.807) is 30.3 Å². The number of halogens is 2. The molecule has 3 rings (SSSR count). The quantitative estimate of drug-likeness (QED) is 0.444. The molecule has 0 atom stereocenters. The third kappa shape index (κ3) is 5.70. The molecule has 9 heteroatoms. The van der Waals surface area contributed by atoms with Gasteiger partial charge in [0, 0.05) is 27.7 Å². The predicted octanol–water partition coefficient (Wildman–Crippen LogP) is 5.07. The molecular weight excluding hydrogens is 459 g/mol. The normalized spacial score (nSPS) is 11.7. The van der Waals surface area contributed by atoms with E-state index in [2.05, 4.69) is 4.99 Å².